The van der Waals surface area contributed by atoms with Gasteiger partial charge in [-0.1, -0.05) is 91.0 Å². The molecule has 0 aromatic heterocycles. The minimum Gasteiger partial charge on any atom is -0.375 e. The SMILES string of the molecule is CO[C@H]1O[C@@H]2CO[C@@H](c3ccccc3)O[C@H]2[C@@H](P(c2ccccc2)c2ccccc2)[C@@H]1OC. The van der Waals surface area contributed by atoms with Gasteiger partial charge in [-0.3, -0.25) is 0 Å². The number of fused-ring (bicyclic) bond motifs is 1. The molecule has 6 heteroatoms. The third-order valence-electron chi connectivity index (χ3n) is 6.25. The highest BCUT2D eigenvalue weighted by Gasteiger charge is 2.53. The normalized spacial score (nSPS) is 29.5. The fourth-order valence-corrected chi connectivity index (χ4v) is 7.84. The summed E-state index contributed by atoms with van der Waals surface area (Å²) in [6, 6.07) is 31.4. The number of rotatable bonds is 6. The Bertz CT molecular complexity index is 963. The smallest absolute Gasteiger partial charge is 0.184 e. The van der Waals surface area contributed by atoms with Gasteiger partial charge in [-0.15, -0.1) is 0 Å². The van der Waals surface area contributed by atoms with Gasteiger partial charge in [-0.25, -0.2) is 0 Å². The molecule has 0 unspecified atom stereocenters. The second-order valence-corrected chi connectivity index (χ2v) is 10.6. The van der Waals surface area contributed by atoms with Gasteiger partial charge < -0.3 is 23.7 Å². The van der Waals surface area contributed by atoms with Crippen LogP contribution in [0.4, 0.5) is 0 Å². The van der Waals surface area contributed by atoms with Crippen molar-refractivity contribution >= 4 is 18.5 Å². The van der Waals surface area contributed by atoms with Crippen LogP contribution in [0.25, 0.3) is 0 Å². The fourth-order valence-electron chi connectivity index (χ4n) is 4.75. The standard InChI is InChI=1S/C27H29O5P/c1-28-24-25(33(20-14-8-4-9-15-20)21-16-10-5-11-17-21)23-22(31-27(24)29-2)18-30-26(32-23)19-12-6-3-7-13-19/h3-17,22-27H,18H2,1-2H3/t22-,23-,24+,25-,26-,27+/m1/s1. The Hall–Kier alpha value is -2.11. The van der Waals surface area contributed by atoms with E-state index in [1.165, 1.54) is 10.6 Å². The second-order valence-electron chi connectivity index (χ2n) is 8.19. The van der Waals surface area contributed by atoms with Crippen molar-refractivity contribution in [2.45, 2.75) is 36.6 Å². The van der Waals surface area contributed by atoms with Gasteiger partial charge >= 0.3 is 0 Å². The van der Waals surface area contributed by atoms with Crippen LogP contribution in [0.3, 0.4) is 0 Å². The van der Waals surface area contributed by atoms with Gasteiger partial charge in [0.25, 0.3) is 0 Å². The van der Waals surface area contributed by atoms with Crippen LogP contribution in [0, 0.1) is 0 Å². The molecule has 2 aliphatic heterocycles. The van der Waals surface area contributed by atoms with Gasteiger partial charge in [0.15, 0.2) is 12.6 Å². The van der Waals surface area contributed by atoms with Crippen molar-refractivity contribution in [1.29, 1.82) is 0 Å². The van der Waals surface area contributed by atoms with E-state index in [0.717, 1.165) is 5.56 Å². The molecule has 3 aromatic carbocycles. The molecular formula is C27H29O5P. The molecule has 2 saturated heterocycles. The zero-order valence-electron chi connectivity index (χ0n) is 18.8. The maximum Gasteiger partial charge on any atom is 0.184 e. The second kappa shape index (κ2) is 10.4. The third kappa shape index (κ3) is 4.63. The van der Waals surface area contributed by atoms with Crippen LogP contribution in [0.15, 0.2) is 91.0 Å². The summed E-state index contributed by atoms with van der Waals surface area (Å²) < 4.78 is 30.9. The van der Waals surface area contributed by atoms with Crippen LogP contribution in [0.5, 0.6) is 0 Å². The van der Waals surface area contributed by atoms with Gasteiger partial charge in [-0.2, -0.15) is 0 Å². The molecule has 0 radical (unpaired) electrons. The molecule has 3 aromatic rings. The number of hydrogen-bond donors (Lipinski definition) is 0. The first kappa shape index (κ1) is 22.7. The van der Waals surface area contributed by atoms with Gasteiger partial charge in [0.2, 0.25) is 0 Å². The largest absolute Gasteiger partial charge is 0.375 e. The van der Waals surface area contributed by atoms with Crippen molar-refractivity contribution in [2.75, 3.05) is 20.8 Å². The fraction of sp³-hybridized carbons (Fsp3) is 0.333. The Morgan fingerprint density at radius 2 is 1.30 bits per heavy atom. The predicted octanol–water partition coefficient (Wildman–Crippen LogP) is 3.99. The summed E-state index contributed by atoms with van der Waals surface area (Å²) in [5, 5.41) is 2.54. The first-order valence-electron chi connectivity index (χ1n) is 11.2. The summed E-state index contributed by atoms with van der Waals surface area (Å²) in [5.74, 6) is 0. The van der Waals surface area contributed by atoms with E-state index in [2.05, 4.69) is 60.7 Å². The zero-order valence-corrected chi connectivity index (χ0v) is 19.7. The number of methoxy groups -OCH3 is 2. The Labute approximate surface area is 196 Å². The highest BCUT2D eigenvalue weighted by molar-refractivity contribution is 7.73. The van der Waals surface area contributed by atoms with Crippen LogP contribution in [-0.4, -0.2) is 51.1 Å². The summed E-state index contributed by atoms with van der Waals surface area (Å²) in [6.45, 7) is 0.434. The molecule has 33 heavy (non-hydrogen) atoms. The lowest BCUT2D eigenvalue weighted by Gasteiger charge is -2.51. The van der Waals surface area contributed by atoms with Gasteiger partial charge in [0.1, 0.15) is 12.2 Å². The average Bonchev–Trinajstić information content (AvgIpc) is 2.90. The number of benzene rings is 3. The van der Waals surface area contributed by atoms with Gasteiger partial charge in [0, 0.05) is 25.4 Å². The van der Waals surface area contributed by atoms with E-state index in [0.29, 0.717) is 6.61 Å². The lowest BCUT2D eigenvalue weighted by Crippen LogP contribution is -2.62. The van der Waals surface area contributed by atoms with Crippen molar-refractivity contribution in [2.24, 2.45) is 0 Å². The monoisotopic (exact) mass is 464 g/mol. The molecule has 5 nitrogen and oxygen atoms in total. The Balaban J connectivity index is 1.59. The highest BCUT2D eigenvalue weighted by Crippen LogP contribution is 2.50. The molecule has 0 spiro atoms. The zero-order chi connectivity index (χ0) is 22.6. The van der Waals surface area contributed by atoms with Crippen LogP contribution in [-0.2, 0) is 23.7 Å². The maximum atomic E-state index is 6.67. The molecule has 0 aliphatic carbocycles. The Morgan fingerprint density at radius 1 is 0.727 bits per heavy atom. The van der Waals surface area contributed by atoms with Crippen molar-refractivity contribution in [3.8, 4) is 0 Å². The summed E-state index contributed by atoms with van der Waals surface area (Å²) in [7, 11) is 2.55. The van der Waals surface area contributed by atoms with Crippen LogP contribution in [0.2, 0.25) is 0 Å². The summed E-state index contributed by atoms with van der Waals surface area (Å²) in [6.07, 6.45) is -1.70. The third-order valence-corrected chi connectivity index (χ3v) is 9.15. The lowest BCUT2D eigenvalue weighted by molar-refractivity contribution is -0.332. The van der Waals surface area contributed by atoms with Gasteiger partial charge in [0.05, 0.1) is 12.7 Å². The van der Waals surface area contributed by atoms with E-state index in [1.54, 1.807) is 14.2 Å². The Morgan fingerprint density at radius 3 is 1.85 bits per heavy atom. The van der Waals surface area contributed by atoms with Crippen molar-refractivity contribution in [1.82, 2.24) is 0 Å². The summed E-state index contributed by atoms with van der Waals surface area (Å²) >= 11 is 0. The quantitative estimate of drug-likeness (QED) is 0.517. The van der Waals surface area contributed by atoms with Crippen molar-refractivity contribution in [3.05, 3.63) is 96.6 Å². The van der Waals surface area contributed by atoms with E-state index >= 15 is 0 Å². The van der Waals surface area contributed by atoms with Crippen LogP contribution < -0.4 is 10.6 Å². The number of hydrogen-bond acceptors (Lipinski definition) is 5. The average molecular weight is 464 g/mol. The minimum absolute atomic E-state index is 0.00797. The van der Waals surface area contributed by atoms with Crippen LogP contribution >= 0.6 is 7.92 Å². The van der Waals surface area contributed by atoms with E-state index < -0.39 is 20.5 Å². The molecule has 0 saturated carbocycles. The van der Waals surface area contributed by atoms with E-state index in [9.17, 15) is 0 Å². The topological polar surface area (TPSA) is 46.2 Å². The summed E-state index contributed by atoms with van der Waals surface area (Å²) in [4.78, 5) is 0. The molecular weight excluding hydrogens is 435 g/mol. The molecule has 0 N–H and O–H groups in total. The van der Waals surface area contributed by atoms with Crippen molar-refractivity contribution < 1.29 is 23.7 Å². The van der Waals surface area contributed by atoms with E-state index in [4.69, 9.17) is 23.7 Å². The highest BCUT2D eigenvalue weighted by atomic mass is 31.1. The van der Waals surface area contributed by atoms with Crippen molar-refractivity contribution in [3.63, 3.8) is 0 Å². The first-order chi connectivity index (χ1) is 16.3. The van der Waals surface area contributed by atoms with E-state index in [1.807, 2.05) is 30.3 Å². The predicted molar refractivity (Wildman–Crippen MR) is 129 cm³/mol. The lowest BCUT2D eigenvalue weighted by atomic mass is 10.00. The minimum atomic E-state index is -0.844. The molecule has 2 heterocycles. The maximum absolute atomic E-state index is 6.67. The molecule has 0 amide bonds. The molecule has 172 valence electrons. The molecule has 6 atom stereocenters. The molecule has 2 aliphatic rings. The first-order valence-corrected chi connectivity index (χ1v) is 12.6. The molecule has 2 fully saturated rings. The molecule has 0 bridgehead atoms. The van der Waals surface area contributed by atoms with Gasteiger partial charge in [-0.05, 0) is 18.5 Å². The molecule has 5 rings (SSSR count). The van der Waals surface area contributed by atoms with E-state index in [-0.39, 0.29) is 24.0 Å². The summed E-state index contributed by atoms with van der Waals surface area (Å²) in [5.41, 5.74) is 1.01. The van der Waals surface area contributed by atoms with Crippen LogP contribution in [0.1, 0.15) is 11.9 Å². The number of ether oxygens (including phenoxy) is 5. The Kier molecular flexibility index (Phi) is 7.17.